The number of ether oxygens (including phenoxy) is 1. The Morgan fingerprint density at radius 2 is 1.87 bits per heavy atom. The normalized spacial score (nSPS) is 21.8. The molecular formula is C20H26F2N2O6S. The number of amides is 2. The summed E-state index contributed by atoms with van der Waals surface area (Å²) >= 11 is 0. The van der Waals surface area contributed by atoms with Crippen molar-refractivity contribution in [3.05, 3.63) is 35.6 Å². The minimum Gasteiger partial charge on any atom is -0.444 e. The predicted octanol–water partition coefficient (Wildman–Crippen LogP) is 1.95. The molecule has 0 radical (unpaired) electrons. The molecule has 0 saturated carbocycles. The van der Waals surface area contributed by atoms with Crippen molar-refractivity contribution in [1.29, 1.82) is 0 Å². The van der Waals surface area contributed by atoms with E-state index in [1.807, 2.05) is 5.32 Å². The van der Waals surface area contributed by atoms with Crippen LogP contribution in [0.15, 0.2) is 24.3 Å². The lowest BCUT2D eigenvalue weighted by atomic mass is 9.96. The number of ketones is 1. The lowest BCUT2D eigenvalue weighted by Gasteiger charge is -2.36. The molecule has 1 N–H and O–H groups in total. The summed E-state index contributed by atoms with van der Waals surface area (Å²) in [6.07, 6.45) is -0.957. The van der Waals surface area contributed by atoms with E-state index < -0.39 is 68.8 Å². The van der Waals surface area contributed by atoms with Crippen LogP contribution in [0.3, 0.4) is 0 Å². The molecule has 0 spiro atoms. The smallest absolute Gasteiger partial charge is 0.410 e. The van der Waals surface area contributed by atoms with E-state index in [4.69, 9.17) is 4.74 Å². The van der Waals surface area contributed by atoms with Gasteiger partial charge in [-0.3, -0.25) is 9.59 Å². The fourth-order valence-corrected chi connectivity index (χ4v) is 4.45. The molecule has 2 amide bonds. The number of sulfone groups is 1. The Bertz CT molecular complexity index is 976. The minimum absolute atomic E-state index is 0.0955. The molecule has 0 bridgehead atoms. The molecular weight excluding hydrogens is 434 g/mol. The molecule has 1 aromatic carbocycles. The average Bonchev–Trinajstić information content (AvgIpc) is 2.66. The summed E-state index contributed by atoms with van der Waals surface area (Å²) in [6, 6.07) is 5.57. The van der Waals surface area contributed by atoms with Crippen molar-refractivity contribution in [1.82, 2.24) is 10.2 Å². The third-order valence-corrected chi connectivity index (χ3v) is 6.81. The first-order valence-electron chi connectivity index (χ1n) is 9.62. The van der Waals surface area contributed by atoms with Gasteiger partial charge in [-0.15, -0.1) is 0 Å². The molecule has 31 heavy (non-hydrogen) atoms. The molecule has 8 nitrogen and oxygen atoms in total. The van der Waals surface area contributed by atoms with Crippen molar-refractivity contribution >= 4 is 27.6 Å². The molecule has 1 fully saturated rings. The van der Waals surface area contributed by atoms with Crippen LogP contribution in [0.5, 0.6) is 0 Å². The van der Waals surface area contributed by atoms with Crippen molar-refractivity contribution in [3.8, 4) is 0 Å². The number of hydrogen-bond acceptors (Lipinski definition) is 6. The molecule has 11 heteroatoms. The minimum atomic E-state index is -4.56. The molecule has 2 atom stereocenters. The summed E-state index contributed by atoms with van der Waals surface area (Å²) < 4.78 is 59.0. The maximum Gasteiger partial charge on any atom is 0.410 e. The predicted molar refractivity (Wildman–Crippen MR) is 108 cm³/mol. The van der Waals surface area contributed by atoms with Gasteiger partial charge in [-0.25, -0.2) is 22.0 Å². The first-order valence-corrected chi connectivity index (χ1v) is 11.3. The molecule has 1 heterocycles. The van der Waals surface area contributed by atoms with Gasteiger partial charge < -0.3 is 15.0 Å². The summed E-state index contributed by atoms with van der Waals surface area (Å²) in [5.41, 5.74) is -0.803. The SMILES string of the molecule is CC(C(=O)CNC(=O)C1(F)CN(C(=O)OC(C)(C)C)CCS1(=O)=O)c1ccccc1F. The van der Waals surface area contributed by atoms with Crippen LogP contribution in [-0.4, -0.2) is 67.1 Å². The van der Waals surface area contributed by atoms with Gasteiger partial charge in [0.05, 0.1) is 18.8 Å². The summed E-state index contributed by atoms with van der Waals surface area (Å²) in [5.74, 6) is -4.54. The van der Waals surface area contributed by atoms with Crippen molar-refractivity contribution in [3.63, 3.8) is 0 Å². The number of carbonyl (C=O) groups is 3. The highest BCUT2D eigenvalue weighted by molar-refractivity contribution is 7.93. The second-order valence-corrected chi connectivity index (χ2v) is 10.6. The summed E-state index contributed by atoms with van der Waals surface area (Å²) in [5, 5.41) is -1.46. The molecule has 2 rings (SSSR count). The monoisotopic (exact) mass is 460 g/mol. The number of halogens is 2. The largest absolute Gasteiger partial charge is 0.444 e. The Hall–Kier alpha value is -2.56. The number of Topliss-reactive ketones (excluding diaryl/α,β-unsaturated/α-hetero) is 1. The Morgan fingerprint density at radius 1 is 1.26 bits per heavy atom. The van der Waals surface area contributed by atoms with E-state index in [1.165, 1.54) is 31.2 Å². The summed E-state index contributed by atoms with van der Waals surface area (Å²) in [6.45, 7) is 4.07. The Labute approximate surface area is 179 Å². The van der Waals surface area contributed by atoms with E-state index >= 15 is 4.39 Å². The van der Waals surface area contributed by atoms with Crippen LogP contribution in [0.25, 0.3) is 0 Å². The third kappa shape index (κ3) is 5.57. The Kier molecular flexibility index (Phi) is 7.09. The number of nitrogens with one attached hydrogen (secondary N) is 1. The average molecular weight is 460 g/mol. The number of alkyl halides is 1. The van der Waals surface area contributed by atoms with Crippen molar-refractivity contribution < 1.29 is 36.3 Å². The highest BCUT2D eigenvalue weighted by Crippen LogP contribution is 2.28. The highest BCUT2D eigenvalue weighted by Gasteiger charge is 2.56. The first kappa shape index (κ1) is 24.7. The molecule has 172 valence electrons. The van der Waals surface area contributed by atoms with E-state index in [2.05, 4.69) is 0 Å². The number of nitrogens with zero attached hydrogens (tertiary/aromatic N) is 1. The van der Waals surface area contributed by atoms with E-state index in [0.717, 1.165) is 4.90 Å². The Balaban J connectivity index is 2.11. The summed E-state index contributed by atoms with van der Waals surface area (Å²) in [4.78, 5) is 37.8. The zero-order valence-electron chi connectivity index (χ0n) is 17.8. The third-order valence-electron chi connectivity index (χ3n) is 4.79. The molecule has 1 aliphatic rings. The van der Waals surface area contributed by atoms with Gasteiger partial charge in [-0.1, -0.05) is 25.1 Å². The van der Waals surface area contributed by atoms with Crippen LogP contribution in [0.2, 0.25) is 0 Å². The van der Waals surface area contributed by atoms with Crippen LogP contribution in [-0.2, 0) is 24.2 Å². The quantitative estimate of drug-likeness (QED) is 0.719. The zero-order chi connectivity index (χ0) is 23.6. The topological polar surface area (TPSA) is 110 Å². The lowest BCUT2D eigenvalue weighted by molar-refractivity contribution is -0.131. The molecule has 0 aromatic heterocycles. The van der Waals surface area contributed by atoms with Crippen LogP contribution in [0.1, 0.15) is 39.2 Å². The Morgan fingerprint density at radius 3 is 2.45 bits per heavy atom. The van der Waals surface area contributed by atoms with Gasteiger partial charge in [0.1, 0.15) is 11.4 Å². The number of carbonyl (C=O) groups excluding carboxylic acids is 3. The molecule has 1 aromatic rings. The fraction of sp³-hybridized carbons (Fsp3) is 0.550. The van der Waals surface area contributed by atoms with Gasteiger partial charge in [-0.2, -0.15) is 0 Å². The maximum atomic E-state index is 15.4. The van der Waals surface area contributed by atoms with Gasteiger partial charge in [0.2, 0.25) is 0 Å². The van der Waals surface area contributed by atoms with Gasteiger partial charge in [0.15, 0.2) is 15.6 Å². The fourth-order valence-electron chi connectivity index (χ4n) is 2.96. The van der Waals surface area contributed by atoms with Gasteiger partial charge in [0.25, 0.3) is 5.91 Å². The number of rotatable bonds is 5. The standard InChI is InChI=1S/C20H26F2N2O6S/c1-13(14-7-5-6-8-15(14)21)16(25)11-23-17(26)20(22)12-24(9-10-31(20,28)29)18(27)30-19(2,3)4/h5-8,13H,9-12H2,1-4H3,(H,23,26). The number of benzene rings is 1. The van der Waals surface area contributed by atoms with Crippen LogP contribution in [0.4, 0.5) is 13.6 Å². The highest BCUT2D eigenvalue weighted by atomic mass is 32.2. The second-order valence-electron chi connectivity index (χ2n) is 8.34. The van der Waals surface area contributed by atoms with E-state index in [-0.39, 0.29) is 12.1 Å². The maximum absolute atomic E-state index is 15.4. The zero-order valence-corrected chi connectivity index (χ0v) is 18.6. The van der Waals surface area contributed by atoms with Crippen molar-refractivity contribution in [2.75, 3.05) is 25.4 Å². The molecule has 0 aliphatic carbocycles. The number of hydrogen-bond donors (Lipinski definition) is 1. The molecule has 1 aliphatic heterocycles. The van der Waals surface area contributed by atoms with E-state index in [9.17, 15) is 27.2 Å². The van der Waals surface area contributed by atoms with Crippen molar-refractivity contribution in [2.45, 2.75) is 44.2 Å². The van der Waals surface area contributed by atoms with Crippen molar-refractivity contribution in [2.24, 2.45) is 0 Å². The van der Waals surface area contributed by atoms with Gasteiger partial charge in [0, 0.05) is 12.5 Å². The van der Waals surface area contributed by atoms with Crippen LogP contribution < -0.4 is 5.32 Å². The molecule has 1 saturated heterocycles. The van der Waals surface area contributed by atoms with E-state index in [0.29, 0.717) is 0 Å². The van der Waals surface area contributed by atoms with Crippen LogP contribution in [0, 0.1) is 5.82 Å². The summed E-state index contributed by atoms with van der Waals surface area (Å²) in [7, 11) is -4.56. The van der Waals surface area contributed by atoms with Crippen LogP contribution >= 0.6 is 0 Å². The van der Waals surface area contributed by atoms with Gasteiger partial charge in [-0.05, 0) is 32.4 Å². The lowest BCUT2D eigenvalue weighted by Crippen LogP contribution is -2.62. The molecule has 2 unspecified atom stereocenters. The van der Waals surface area contributed by atoms with Gasteiger partial charge >= 0.3 is 11.1 Å². The van der Waals surface area contributed by atoms with E-state index in [1.54, 1.807) is 20.8 Å². The first-order chi connectivity index (χ1) is 14.2. The second kappa shape index (κ2) is 8.89.